The van der Waals surface area contributed by atoms with Gasteiger partial charge in [0.25, 0.3) is 0 Å². The van der Waals surface area contributed by atoms with Gasteiger partial charge in [0, 0.05) is 6.42 Å². The van der Waals surface area contributed by atoms with Gasteiger partial charge in [-0.15, -0.1) is 12.3 Å². The van der Waals surface area contributed by atoms with Crippen molar-refractivity contribution in [1.29, 1.82) is 0 Å². The Balaban J connectivity index is 3.98. The standard InChI is InChI=1S/C14H22/c1-6-13(5)9-8-10-14(7-2)11-12(3)4/h2,12-14H,6,9,11H2,1,3-5H3. The highest BCUT2D eigenvalue weighted by molar-refractivity contribution is 5.14. The first kappa shape index (κ1) is 13.1. The summed E-state index contributed by atoms with van der Waals surface area (Å²) in [6.07, 6.45) is 8.61. The highest BCUT2D eigenvalue weighted by Gasteiger charge is 2.03. The average Bonchev–Trinajstić information content (AvgIpc) is 2.15. The molecule has 0 saturated carbocycles. The van der Waals surface area contributed by atoms with Gasteiger partial charge in [0.05, 0.1) is 5.92 Å². The van der Waals surface area contributed by atoms with Crippen molar-refractivity contribution in [3.8, 4) is 24.2 Å². The van der Waals surface area contributed by atoms with Crippen LogP contribution in [0.4, 0.5) is 0 Å². The lowest BCUT2D eigenvalue weighted by Gasteiger charge is -2.06. The van der Waals surface area contributed by atoms with Gasteiger partial charge >= 0.3 is 0 Å². The van der Waals surface area contributed by atoms with Crippen molar-refractivity contribution < 1.29 is 0 Å². The molecule has 0 amide bonds. The Kier molecular flexibility index (Phi) is 7.04. The molecule has 0 aromatic carbocycles. The van der Waals surface area contributed by atoms with E-state index in [1.807, 2.05) is 0 Å². The molecule has 0 rings (SSSR count). The summed E-state index contributed by atoms with van der Waals surface area (Å²) >= 11 is 0. The van der Waals surface area contributed by atoms with E-state index in [0.717, 1.165) is 12.8 Å². The second kappa shape index (κ2) is 7.52. The summed E-state index contributed by atoms with van der Waals surface area (Å²) in [6, 6.07) is 0. The number of terminal acetylenes is 1. The quantitative estimate of drug-likeness (QED) is 0.593. The number of hydrogen-bond donors (Lipinski definition) is 0. The molecule has 0 aliphatic carbocycles. The molecule has 0 saturated heterocycles. The predicted molar refractivity (Wildman–Crippen MR) is 63.6 cm³/mol. The molecule has 2 unspecified atom stereocenters. The minimum Gasteiger partial charge on any atom is -0.119 e. The molecule has 2 atom stereocenters. The van der Waals surface area contributed by atoms with Crippen LogP contribution in [-0.2, 0) is 0 Å². The van der Waals surface area contributed by atoms with Crippen molar-refractivity contribution in [3.05, 3.63) is 0 Å². The van der Waals surface area contributed by atoms with E-state index in [2.05, 4.69) is 45.5 Å². The van der Waals surface area contributed by atoms with Crippen molar-refractivity contribution in [2.45, 2.75) is 47.0 Å². The van der Waals surface area contributed by atoms with Crippen molar-refractivity contribution in [2.24, 2.45) is 17.8 Å². The Bertz CT molecular complexity index is 231. The fourth-order valence-corrected chi connectivity index (χ4v) is 1.14. The van der Waals surface area contributed by atoms with Gasteiger partial charge in [-0.1, -0.05) is 46.0 Å². The van der Waals surface area contributed by atoms with Crippen LogP contribution in [0.25, 0.3) is 0 Å². The molecule has 0 fully saturated rings. The third-order valence-electron chi connectivity index (χ3n) is 2.33. The maximum atomic E-state index is 5.42. The van der Waals surface area contributed by atoms with Crippen LogP contribution in [0.2, 0.25) is 0 Å². The van der Waals surface area contributed by atoms with E-state index in [1.54, 1.807) is 0 Å². The second-order valence-corrected chi connectivity index (χ2v) is 4.39. The zero-order chi connectivity index (χ0) is 11.0. The summed E-state index contributed by atoms with van der Waals surface area (Å²) in [7, 11) is 0. The summed E-state index contributed by atoms with van der Waals surface area (Å²) in [4.78, 5) is 0. The SMILES string of the molecule is C#CC(C#CCC(C)CC)CC(C)C. The van der Waals surface area contributed by atoms with E-state index < -0.39 is 0 Å². The molecule has 0 aliphatic rings. The molecule has 0 nitrogen and oxygen atoms in total. The van der Waals surface area contributed by atoms with Crippen LogP contribution in [0, 0.1) is 41.9 Å². The highest BCUT2D eigenvalue weighted by Crippen LogP contribution is 2.10. The molecule has 0 aliphatic heterocycles. The third kappa shape index (κ3) is 6.62. The molecular formula is C14H22. The Labute approximate surface area is 89.5 Å². The summed E-state index contributed by atoms with van der Waals surface area (Å²) in [6.45, 7) is 8.78. The summed E-state index contributed by atoms with van der Waals surface area (Å²) in [5.74, 6) is 10.6. The smallest absolute Gasteiger partial charge is 0.0811 e. The Morgan fingerprint density at radius 2 is 1.86 bits per heavy atom. The van der Waals surface area contributed by atoms with Crippen LogP contribution < -0.4 is 0 Å². The van der Waals surface area contributed by atoms with Crippen LogP contribution in [0.1, 0.15) is 47.0 Å². The van der Waals surface area contributed by atoms with Gasteiger partial charge in [0.1, 0.15) is 0 Å². The molecule has 0 radical (unpaired) electrons. The van der Waals surface area contributed by atoms with E-state index in [1.165, 1.54) is 6.42 Å². The fraction of sp³-hybridized carbons (Fsp3) is 0.714. The first-order chi connectivity index (χ1) is 6.60. The maximum Gasteiger partial charge on any atom is 0.0811 e. The number of rotatable bonds is 4. The Morgan fingerprint density at radius 1 is 1.21 bits per heavy atom. The minimum absolute atomic E-state index is 0.152. The van der Waals surface area contributed by atoms with Crippen LogP contribution in [0.15, 0.2) is 0 Å². The largest absolute Gasteiger partial charge is 0.119 e. The molecule has 0 aromatic rings. The minimum atomic E-state index is 0.152. The van der Waals surface area contributed by atoms with Gasteiger partial charge in [-0.3, -0.25) is 0 Å². The molecule has 0 heterocycles. The average molecular weight is 190 g/mol. The van der Waals surface area contributed by atoms with E-state index in [9.17, 15) is 0 Å². The van der Waals surface area contributed by atoms with Gasteiger partial charge in [-0.25, -0.2) is 0 Å². The lowest BCUT2D eigenvalue weighted by Crippen LogP contribution is -1.99. The number of hydrogen-bond acceptors (Lipinski definition) is 0. The Hall–Kier alpha value is -0.880. The topological polar surface area (TPSA) is 0 Å². The van der Waals surface area contributed by atoms with Crippen molar-refractivity contribution in [2.75, 3.05) is 0 Å². The third-order valence-corrected chi connectivity index (χ3v) is 2.33. The van der Waals surface area contributed by atoms with Crippen LogP contribution >= 0.6 is 0 Å². The molecule has 0 heteroatoms. The van der Waals surface area contributed by atoms with Gasteiger partial charge in [-0.2, -0.15) is 0 Å². The van der Waals surface area contributed by atoms with E-state index in [-0.39, 0.29) is 5.92 Å². The molecule has 78 valence electrons. The van der Waals surface area contributed by atoms with Crippen LogP contribution in [0.5, 0.6) is 0 Å². The van der Waals surface area contributed by atoms with E-state index in [0.29, 0.717) is 11.8 Å². The molecule has 0 aromatic heterocycles. The molecule has 14 heavy (non-hydrogen) atoms. The highest BCUT2D eigenvalue weighted by atomic mass is 14.1. The summed E-state index contributed by atoms with van der Waals surface area (Å²) < 4.78 is 0. The van der Waals surface area contributed by atoms with Crippen LogP contribution in [0.3, 0.4) is 0 Å². The molecule has 0 N–H and O–H groups in total. The Morgan fingerprint density at radius 3 is 2.29 bits per heavy atom. The maximum absolute atomic E-state index is 5.42. The molecule has 0 bridgehead atoms. The predicted octanol–water partition coefficient (Wildman–Crippen LogP) is 3.72. The second-order valence-electron chi connectivity index (χ2n) is 4.39. The molecule has 0 spiro atoms. The monoisotopic (exact) mass is 190 g/mol. The van der Waals surface area contributed by atoms with Gasteiger partial charge in [0.15, 0.2) is 0 Å². The first-order valence-corrected chi connectivity index (χ1v) is 5.54. The lowest BCUT2D eigenvalue weighted by molar-refractivity contribution is 0.548. The molecular weight excluding hydrogens is 168 g/mol. The van der Waals surface area contributed by atoms with Gasteiger partial charge < -0.3 is 0 Å². The normalized spacial score (nSPS) is 14.0. The summed E-state index contributed by atoms with van der Waals surface area (Å²) in [5.41, 5.74) is 0. The van der Waals surface area contributed by atoms with Crippen molar-refractivity contribution in [3.63, 3.8) is 0 Å². The first-order valence-electron chi connectivity index (χ1n) is 5.54. The zero-order valence-corrected chi connectivity index (χ0v) is 9.93. The summed E-state index contributed by atoms with van der Waals surface area (Å²) in [5, 5.41) is 0. The fourth-order valence-electron chi connectivity index (χ4n) is 1.14. The van der Waals surface area contributed by atoms with E-state index >= 15 is 0 Å². The van der Waals surface area contributed by atoms with Crippen molar-refractivity contribution in [1.82, 2.24) is 0 Å². The van der Waals surface area contributed by atoms with Gasteiger partial charge in [0.2, 0.25) is 0 Å². The van der Waals surface area contributed by atoms with E-state index in [4.69, 9.17) is 6.42 Å². The van der Waals surface area contributed by atoms with Gasteiger partial charge in [-0.05, 0) is 18.3 Å². The van der Waals surface area contributed by atoms with Crippen LogP contribution in [-0.4, -0.2) is 0 Å². The zero-order valence-electron chi connectivity index (χ0n) is 9.93. The van der Waals surface area contributed by atoms with Crippen molar-refractivity contribution >= 4 is 0 Å². The lowest BCUT2D eigenvalue weighted by atomic mass is 9.97.